The van der Waals surface area contributed by atoms with E-state index in [0.717, 1.165) is 36.7 Å². The SMILES string of the molecule is CCOC(=O)C(C(=O)c1cc(F)c(Br)cc1F)=C(NC1CC1)SC. The van der Waals surface area contributed by atoms with Crippen molar-refractivity contribution in [1.82, 2.24) is 5.32 Å². The van der Waals surface area contributed by atoms with Crippen LogP contribution >= 0.6 is 27.7 Å². The summed E-state index contributed by atoms with van der Waals surface area (Å²) in [6.07, 6.45) is 3.54. The number of hydrogen-bond acceptors (Lipinski definition) is 5. The molecule has 1 saturated carbocycles. The molecule has 0 aliphatic heterocycles. The number of nitrogens with one attached hydrogen (secondary N) is 1. The van der Waals surface area contributed by atoms with Gasteiger partial charge in [-0.15, -0.1) is 11.8 Å². The molecule has 8 heteroatoms. The van der Waals surface area contributed by atoms with Crippen molar-refractivity contribution in [3.63, 3.8) is 0 Å². The number of halogens is 3. The van der Waals surface area contributed by atoms with Crippen LogP contribution < -0.4 is 5.32 Å². The number of Topliss-reactive ketones (excluding diaryl/α,β-unsaturated/α-hetero) is 1. The highest BCUT2D eigenvalue weighted by atomic mass is 79.9. The number of carbonyl (C=O) groups excluding carboxylic acids is 2. The monoisotopic (exact) mass is 419 g/mol. The van der Waals surface area contributed by atoms with Crippen molar-refractivity contribution in [2.45, 2.75) is 25.8 Å². The second-order valence-corrected chi connectivity index (χ2v) is 6.79. The van der Waals surface area contributed by atoms with Crippen LogP contribution in [-0.2, 0) is 9.53 Å². The van der Waals surface area contributed by atoms with Crippen LogP contribution in [0.1, 0.15) is 30.1 Å². The number of hydrogen-bond donors (Lipinski definition) is 1. The van der Waals surface area contributed by atoms with Crippen molar-refractivity contribution in [2.24, 2.45) is 0 Å². The zero-order chi connectivity index (χ0) is 17.9. The van der Waals surface area contributed by atoms with Gasteiger partial charge in [0.25, 0.3) is 0 Å². The molecule has 1 N–H and O–H groups in total. The van der Waals surface area contributed by atoms with Crippen LogP contribution in [-0.4, -0.2) is 30.7 Å². The first-order valence-corrected chi connectivity index (χ1v) is 9.32. The Kier molecular flexibility index (Phi) is 6.40. The third kappa shape index (κ3) is 4.36. The van der Waals surface area contributed by atoms with Gasteiger partial charge in [0.15, 0.2) is 0 Å². The number of ether oxygens (including phenoxy) is 1. The predicted octanol–water partition coefficient (Wildman–Crippen LogP) is 3.80. The Labute approximate surface area is 151 Å². The van der Waals surface area contributed by atoms with Gasteiger partial charge in [0.2, 0.25) is 5.78 Å². The van der Waals surface area contributed by atoms with Gasteiger partial charge in [0.1, 0.15) is 17.2 Å². The maximum atomic E-state index is 14.1. The van der Waals surface area contributed by atoms with Gasteiger partial charge >= 0.3 is 5.97 Å². The lowest BCUT2D eigenvalue weighted by molar-refractivity contribution is -0.138. The lowest BCUT2D eigenvalue weighted by Gasteiger charge is -2.14. The number of benzene rings is 1. The molecule has 0 saturated heterocycles. The number of thioether (sulfide) groups is 1. The number of ketones is 1. The fraction of sp³-hybridized carbons (Fsp3) is 0.375. The Bertz CT molecular complexity index is 705. The van der Waals surface area contributed by atoms with Gasteiger partial charge in [-0.3, -0.25) is 4.79 Å². The summed E-state index contributed by atoms with van der Waals surface area (Å²) < 4.78 is 32.7. The summed E-state index contributed by atoms with van der Waals surface area (Å²) in [5, 5.41) is 3.38. The van der Waals surface area contributed by atoms with E-state index in [2.05, 4.69) is 21.2 Å². The molecule has 1 aromatic carbocycles. The second kappa shape index (κ2) is 8.11. The van der Waals surface area contributed by atoms with E-state index in [1.165, 1.54) is 0 Å². The zero-order valence-corrected chi connectivity index (χ0v) is 15.5. The van der Waals surface area contributed by atoms with Gasteiger partial charge in [0, 0.05) is 6.04 Å². The van der Waals surface area contributed by atoms with Crippen LogP contribution in [0.4, 0.5) is 8.78 Å². The van der Waals surface area contributed by atoms with E-state index in [9.17, 15) is 18.4 Å². The molecule has 2 rings (SSSR count). The Balaban J connectivity index is 2.49. The normalized spacial score (nSPS) is 14.9. The summed E-state index contributed by atoms with van der Waals surface area (Å²) in [4.78, 5) is 25.0. The molecule has 0 heterocycles. The number of rotatable bonds is 7. The predicted molar refractivity (Wildman–Crippen MR) is 91.7 cm³/mol. The van der Waals surface area contributed by atoms with E-state index < -0.39 is 29.0 Å². The van der Waals surface area contributed by atoms with Crippen molar-refractivity contribution in [3.8, 4) is 0 Å². The third-order valence-electron chi connectivity index (χ3n) is 3.30. The molecule has 0 radical (unpaired) electrons. The second-order valence-electron chi connectivity index (χ2n) is 5.12. The standard InChI is InChI=1S/C16H16BrF2NO3S/c1-3-23-16(22)13(15(24-2)20-8-4-5-8)14(21)9-6-12(19)10(17)7-11(9)18/h6-8,20H,3-5H2,1-2H3. The first-order chi connectivity index (χ1) is 11.4. The van der Waals surface area contributed by atoms with Gasteiger partial charge < -0.3 is 10.1 Å². The molecular weight excluding hydrogens is 404 g/mol. The van der Waals surface area contributed by atoms with Gasteiger partial charge in [-0.25, -0.2) is 13.6 Å². The molecule has 0 amide bonds. The average molecular weight is 420 g/mol. The van der Waals surface area contributed by atoms with Gasteiger partial charge in [-0.2, -0.15) is 0 Å². The molecular formula is C16H16BrF2NO3S. The van der Waals surface area contributed by atoms with Crippen molar-refractivity contribution >= 4 is 39.4 Å². The molecule has 1 aliphatic rings. The van der Waals surface area contributed by atoms with Gasteiger partial charge in [-0.1, -0.05) is 0 Å². The Morgan fingerprint density at radius 2 is 2.00 bits per heavy atom. The van der Waals surface area contributed by atoms with E-state index in [-0.39, 0.29) is 22.7 Å². The van der Waals surface area contributed by atoms with Crippen LogP contribution in [0.5, 0.6) is 0 Å². The minimum atomic E-state index is -0.915. The molecule has 0 aromatic heterocycles. The summed E-state index contributed by atoms with van der Waals surface area (Å²) in [6.45, 7) is 1.67. The smallest absolute Gasteiger partial charge is 0.344 e. The summed E-state index contributed by atoms with van der Waals surface area (Å²) in [5.74, 6) is -3.47. The molecule has 24 heavy (non-hydrogen) atoms. The Hall–Kier alpha value is -1.41. The molecule has 4 nitrogen and oxygen atoms in total. The zero-order valence-electron chi connectivity index (χ0n) is 13.1. The molecule has 0 atom stereocenters. The Morgan fingerprint density at radius 1 is 1.33 bits per heavy atom. The van der Waals surface area contributed by atoms with E-state index in [1.54, 1.807) is 13.2 Å². The van der Waals surface area contributed by atoms with Crippen LogP contribution in [0.25, 0.3) is 0 Å². The fourth-order valence-electron chi connectivity index (χ4n) is 1.97. The Morgan fingerprint density at radius 3 is 2.54 bits per heavy atom. The van der Waals surface area contributed by atoms with Crippen molar-refractivity contribution in [1.29, 1.82) is 0 Å². The first kappa shape index (κ1) is 18.9. The maximum Gasteiger partial charge on any atom is 0.344 e. The van der Waals surface area contributed by atoms with Crippen LogP contribution in [0.15, 0.2) is 27.2 Å². The third-order valence-corrected chi connectivity index (χ3v) is 4.64. The van der Waals surface area contributed by atoms with Crippen LogP contribution in [0, 0.1) is 11.6 Å². The summed E-state index contributed by atoms with van der Waals surface area (Å²) in [7, 11) is 0. The molecule has 0 spiro atoms. The van der Waals surface area contributed by atoms with E-state index in [0.29, 0.717) is 5.03 Å². The van der Waals surface area contributed by atoms with E-state index in [1.807, 2.05) is 0 Å². The molecule has 1 aliphatic carbocycles. The summed E-state index contributed by atoms with van der Waals surface area (Å²) >= 11 is 4.02. The summed E-state index contributed by atoms with van der Waals surface area (Å²) in [6, 6.07) is 1.81. The molecule has 1 fully saturated rings. The lowest BCUT2D eigenvalue weighted by Crippen LogP contribution is -2.25. The highest BCUT2D eigenvalue weighted by Gasteiger charge is 2.31. The molecule has 0 unspecified atom stereocenters. The quantitative estimate of drug-likeness (QED) is 0.182. The van der Waals surface area contributed by atoms with Crippen molar-refractivity contribution in [3.05, 3.63) is 44.4 Å². The first-order valence-electron chi connectivity index (χ1n) is 7.30. The van der Waals surface area contributed by atoms with Crippen molar-refractivity contribution < 1.29 is 23.1 Å². The highest BCUT2D eigenvalue weighted by Crippen LogP contribution is 2.28. The number of esters is 1. The molecule has 1 aromatic rings. The highest BCUT2D eigenvalue weighted by molar-refractivity contribution is 9.10. The maximum absolute atomic E-state index is 14.1. The van der Waals surface area contributed by atoms with E-state index >= 15 is 0 Å². The minimum absolute atomic E-state index is 0.0673. The molecule has 0 bridgehead atoms. The van der Waals surface area contributed by atoms with Gasteiger partial charge in [-0.05, 0) is 54.1 Å². The largest absolute Gasteiger partial charge is 0.462 e. The lowest BCUT2D eigenvalue weighted by atomic mass is 10.0. The molecule has 130 valence electrons. The summed E-state index contributed by atoms with van der Waals surface area (Å²) in [5.41, 5.74) is -0.820. The van der Waals surface area contributed by atoms with Crippen molar-refractivity contribution in [2.75, 3.05) is 12.9 Å². The van der Waals surface area contributed by atoms with Crippen LogP contribution in [0.3, 0.4) is 0 Å². The topological polar surface area (TPSA) is 55.4 Å². The van der Waals surface area contributed by atoms with Gasteiger partial charge in [0.05, 0.1) is 21.7 Å². The minimum Gasteiger partial charge on any atom is -0.462 e. The van der Waals surface area contributed by atoms with E-state index in [4.69, 9.17) is 4.74 Å². The average Bonchev–Trinajstić information content (AvgIpc) is 3.34. The number of carbonyl (C=O) groups is 2. The fourth-order valence-corrected chi connectivity index (χ4v) is 2.95. The van der Waals surface area contributed by atoms with Crippen LogP contribution in [0.2, 0.25) is 0 Å².